The number of benzene rings is 2. The van der Waals surface area contributed by atoms with Crippen LogP contribution in [0.25, 0.3) is 0 Å². The van der Waals surface area contributed by atoms with Crippen LogP contribution in [0.5, 0.6) is 17.2 Å². The van der Waals surface area contributed by atoms with E-state index < -0.39 is 10.9 Å². The molecule has 0 saturated carbocycles. The molecule has 0 aromatic heterocycles. The third kappa shape index (κ3) is 4.22. The van der Waals surface area contributed by atoms with Crippen molar-refractivity contribution in [3.05, 3.63) is 56.6 Å². The van der Waals surface area contributed by atoms with Crippen molar-refractivity contribution >= 4 is 23.3 Å². The van der Waals surface area contributed by atoms with Gasteiger partial charge in [0.2, 0.25) is 0 Å². The van der Waals surface area contributed by atoms with E-state index in [2.05, 4.69) is 0 Å². The summed E-state index contributed by atoms with van der Waals surface area (Å²) in [7, 11) is 1.36. The van der Waals surface area contributed by atoms with Gasteiger partial charge in [0.1, 0.15) is 17.9 Å². The van der Waals surface area contributed by atoms with Gasteiger partial charge in [0.25, 0.3) is 5.69 Å². The van der Waals surface area contributed by atoms with E-state index in [4.69, 9.17) is 30.5 Å². The fourth-order valence-electron chi connectivity index (χ4n) is 2.56. The highest BCUT2D eigenvalue weighted by Crippen LogP contribution is 2.38. The average Bonchev–Trinajstić information content (AvgIpc) is 2.91. The molecule has 2 aromatic carbocycles. The first-order chi connectivity index (χ1) is 13.0. The Morgan fingerprint density at radius 2 is 2.04 bits per heavy atom. The minimum atomic E-state index is -0.751. The molecule has 0 amide bonds. The van der Waals surface area contributed by atoms with Crippen LogP contribution in [0.3, 0.4) is 0 Å². The molecule has 1 aliphatic heterocycles. The van der Waals surface area contributed by atoms with Crippen LogP contribution in [0.4, 0.5) is 5.69 Å². The molecule has 9 heteroatoms. The lowest BCUT2D eigenvalue weighted by Crippen LogP contribution is -2.08. The van der Waals surface area contributed by atoms with Gasteiger partial charge in [0.05, 0.1) is 30.3 Å². The topological polar surface area (TPSA) is 97.1 Å². The van der Waals surface area contributed by atoms with Gasteiger partial charge >= 0.3 is 5.97 Å². The zero-order valence-electron chi connectivity index (χ0n) is 14.4. The molecule has 0 unspecified atom stereocenters. The molecule has 0 N–H and O–H groups in total. The summed E-state index contributed by atoms with van der Waals surface area (Å²) in [4.78, 5) is 22.7. The van der Waals surface area contributed by atoms with Crippen LogP contribution in [0, 0.1) is 10.1 Å². The highest BCUT2D eigenvalue weighted by molar-refractivity contribution is 6.32. The first kappa shape index (κ1) is 18.8. The fourth-order valence-corrected chi connectivity index (χ4v) is 2.85. The van der Waals surface area contributed by atoms with Crippen molar-refractivity contribution < 1.29 is 28.7 Å². The van der Waals surface area contributed by atoms with Crippen molar-refractivity contribution in [3.63, 3.8) is 0 Å². The van der Waals surface area contributed by atoms with E-state index in [-0.39, 0.29) is 23.6 Å². The summed E-state index contributed by atoms with van der Waals surface area (Å²) in [6, 6.07) is 7.01. The fraction of sp³-hybridized carbons (Fsp3) is 0.278. The molecule has 0 aliphatic carbocycles. The molecule has 3 rings (SSSR count). The summed E-state index contributed by atoms with van der Waals surface area (Å²) < 4.78 is 21.5. The van der Waals surface area contributed by atoms with Gasteiger partial charge in [0, 0.05) is 18.6 Å². The standard InChI is InChI=1S/C18H16ClNO7/c1-24-15-4-3-12(20(22)23)9-13(15)18(21)27-10-11-7-14(19)17-16(8-11)25-5-2-6-26-17/h3-4,7-9H,2,5-6,10H2,1H3. The lowest BCUT2D eigenvalue weighted by molar-refractivity contribution is -0.384. The van der Waals surface area contributed by atoms with Gasteiger partial charge < -0.3 is 18.9 Å². The summed E-state index contributed by atoms with van der Waals surface area (Å²) in [6.07, 6.45) is 0.738. The maximum atomic E-state index is 12.4. The van der Waals surface area contributed by atoms with E-state index in [9.17, 15) is 14.9 Å². The van der Waals surface area contributed by atoms with Crippen LogP contribution in [0.1, 0.15) is 22.3 Å². The second kappa shape index (κ2) is 8.13. The molecular weight excluding hydrogens is 378 g/mol. The molecule has 2 aromatic rings. The Morgan fingerprint density at radius 1 is 1.26 bits per heavy atom. The third-order valence-corrected chi connectivity index (χ3v) is 4.13. The summed E-state index contributed by atoms with van der Waals surface area (Å²) in [5.74, 6) is 0.379. The number of esters is 1. The van der Waals surface area contributed by atoms with E-state index in [0.29, 0.717) is 35.3 Å². The maximum Gasteiger partial charge on any atom is 0.342 e. The van der Waals surface area contributed by atoms with E-state index in [1.807, 2.05) is 0 Å². The van der Waals surface area contributed by atoms with Crippen LogP contribution >= 0.6 is 11.6 Å². The van der Waals surface area contributed by atoms with Gasteiger partial charge in [-0.3, -0.25) is 10.1 Å². The molecule has 142 valence electrons. The van der Waals surface area contributed by atoms with E-state index >= 15 is 0 Å². The molecule has 0 saturated heterocycles. The minimum Gasteiger partial charge on any atom is -0.496 e. The molecular formula is C18H16ClNO7. The molecule has 0 spiro atoms. The summed E-state index contributed by atoms with van der Waals surface area (Å²) in [5.41, 5.74) is 0.329. The number of ether oxygens (including phenoxy) is 4. The number of nitrogens with zero attached hydrogens (tertiary/aromatic N) is 1. The van der Waals surface area contributed by atoms with Crippen molar-refractivity contribution in [2.75, 3.05) is 20.3 Å². The Balaban J connectivity index is 1.78. The number of carbonyl (C=O) groups excluding carboxylic acids is 1. The van der Waals surface area contributed by atoms with Crippen LogP contribution in [0.15, 0.2) is 30.3 Å². The molecule has 0 atom stereocenters. The summed E-state index contributed by atoms with van der Waals surface area (Å²) in [5, 5.41) is 11.3. The number of nitro groups is 1. The van der Waals surface area contributed by atoms with Crippen molar-refractivity contribution in [2.45, 2.75) is 13.0 Å². The van der Waals surface area contributed by atoms with Gasteiger partial charge in [-0.05, 0) is 23.8 Å². The molecule has 8 nitrogen and oxygen atoms in total. The monoisotopic (exact) mass is 393 g/mol. The lowest BCUT2D eigenvalue weighted by atomic mass is 10.1. The number of nitro benzene ring substituents is 1. The zero-order chi connectivity index (χ0) is 19.4. The van der Waals surface area contributed by atoms with Crippen molar-refractivity contribution in [3.8, 4) is 17.2 Å². The summed E-state index contributed by atoms with van der Waals surface area (Å²) >= 11 is 6.22. The predicted molar refractivity (Wildman–Crippen MR) is 95.8 cm³/mol. The predicted octanol–water partition coefficient (Wildman–Crippen LogP) is 3.78. The van der Waals surface area contributed by atoms with Gasteiger partial charge in [-0.1, -0.05) is 11.6 Å². The van der Waals surface area contributed by atoms with Crippen LogP contribution in [-0.2, 0) is 11.3 Å². The average molecular weight is 394 g/mol. The number of non-ortho nitro benzene ring substituents is 1. The van der Waals surface area contributed by atoms with Gasteiger partial charge in [-0.2, -0.15) is 0 Å². The Morgan fingerprint density at radius 3 is 2.78 bits per heavy atom. The smallest absolute Gasteiger partial charge is 0.342 e. The number of fused-ring (bicyclic) bond motifs is 1. The molecule has 1 heterocycles. The first-order valence-corrected chi connectivity index (χ1v) is 8.45. The molecule has 27 heavy (non-hydrogen) atoms. The van der Waals surface area contributed by atoms with Crippen molar-refractivity contribution in [1.82, 2.24) is 0 Å². The zero-order valence-corrected chi connectivity index (χ0v) is 15.2. The molecule has 0 fully saturated rings. The Labute approximate surface area is 159 Å². The SMILES string of the molecule is COc1ccc([N+](=O)[O-])cc1C(=O)OCc1cc(Cl)c2c(c1)OCCCO2. The Hall–Kier alpha value is -3.00. The quantitative estimate of drug-likeness (QED) is 0.433. The summed E-state index contributed by atoms with van der Waals surface area (Å²) in [6.45, 7) is 0.909. The van der Waals surface area contributed by atoms with Crippen molar-refractivity contribution in [1.29, 1.82) is 0 Å². The molecule has 0 radical (unpaired) electrons. The number of hydrogen-bond acceptors (Lipinski definition) is 7. The van der Waals surface area contributed by atoms with Crippen LogP contribution in [0.2, 0.25) is 5.02 Å². The second-order valence-corrected chi connectivity index (χ2v) is 6.08. The molecule has 0 bridgehead atoms. The van der Waals surface area contributed by atoms with E-state index in [0.717, 1.165) is 12.5 Å². The third-order valence-electron chi connectivity index (χ3n) is 3.85. The van der Waals surface area contributed by atoms with Crippen LogP contribution in [-0.4, -0.2) is 31.2 Å². The maximum absolute atomic E-state index is 12.4. The number of carbonyl (C=O) groups is 1. The normalized spacial score (nSPS) is 12.8. The minimum absolute atomic E-state index is 0.0351. The largest absolute Gasteiger partial charge is 0.496 e. The Kier molecular flexibility index (Phi) is 5.66. The lowest BCUT2D eigenvalue weighted by Gasteiger charge is -2.12. The Bertz CT molecular complexity index is 884. The number of methoxy groups -OCH3 is 1. The van der Waals surface area contributed by atoms with Crippen molar-refractivity contribution in [2.24, 2.45) is 0 Å². The highest BCUT2D eigenvalue weighted by atomic mass is 35.5. The first-order valence-electron chi connectivity index (χ1n) is 8.07. The van der Waals surface area contributed by atoms with Gasteiger partial charge in [0.15, 0.2) is 11.5 Å². The molecule has 1 aliphatic rings. The number of halogens is 1. The number of hydrogen-bond donors (Lipinski definition) is 0. The highest BCUT2D eigenvalue weighted by Gasteiger charge is 2.20. The van der Waals surface area contributed by atoms with Crippen LogP contribution < -0.4 is 14.2 Å². The van der Waals surface area contributed by atoms with Gasteiger partial charge in [-0.25, -0.2) is 4.79 Å². The van der Waals surface area contributed by atoms with E-state index in [1.165, 1.54) is 19.2 Å². The van der Waals surface area contributed by atoms with Gasteiger partial charge in [-0.15, -0.1) is 0 Å². The second-order valence-electron chi connectivity index (χ2n) is 5.67. The van der Waals surface area contributed by atoms with E-state index in [1.54, 1.807) is 12.1 Å². The number of rotatable bonds is 5.